The number of para-hydroxylation sites is 1. The summed E-state index contributed by atoms with van der Waals surface area (Å²) in [6.07, 6.45) is 3.84. The number of nitrogens with zero attached hydrogens (tertiary/aromatic N) is 4. The number of carbonyl (C=O) groups excluding carboxylic acids is 1. The summed E-state index contributed by atoms with van der Waals surface area (Å²) in [5.74, 6) is 0.589. The first-order valence-electron chi connectivity index (χ1n) is 11.7. The fourth-order valence-electron chi connectivity index (χ4n) is 4.31. The lowest BCUT2D eigenvalue weighted by Gasteiger charge is -2.18. The van der Waals surface area contributed by atoms with Crippen LogP contribution in [0.4, 0.5) is 11.4 Å². The molecule has 1 aromatic heterocycles. The van der Waals surface area contributed by atoms with E-state index in [4.69, 9.17) is 4.74 Å². The number of hydrazone groups is 1. The molecule has 3 aromatic rings. The van der Waals surface area contributed by atoms with Crippen molar-refractivity contribution in [3.63, 3.8) is 0 Å². The molecule has 0 aliphatic carbocycles. The maximum Gasteiger partial charge on any atom is 0.283 e. The second kappa shape index (κ2) is 9.83. The molecule has 36 heavy (non-hydrogen) atoms. The summed E-state index contributed by atoms with van der Waals surface area (Å²) in [5, 5.41) is 6.93. The summed E-state index contributed by atoms with van der Waals surface area (Å²) in [4.78, 5) is 30.0. The van der Waals surface area contributed by atoms with Crippen molar-refractivity contribution < 1.29 is 9.53 Å². The Hall–Kier alpha value is -3.56. The van der Waals surface area contributed by atoms with Crippen LogP contribution in [-0.4, -0.2) is 29.8 Å². The Morgan fingerprint density at radius 1 is 1.03 bits per heavy atom. The van der Waals surface area contributed by atoms with Crippen molar-refractivity contribution in [2.45, 2.75) is 32.2 Å². The molecule has 0 fully saturated rings. The third-order valence-electron chi connectivity index (χ3n) is 6.09. The molecule has 3 heterocycles. The van der Waals surface area contributed by atoms with Crippen LogP contribution in [0.25, 0.3) is 11.6 Å². The molecule has 0 atom stereocenters. The van der Waals surface area contributed by atoms with Gasteiger partial charge in [-0.05, 0) is 57.2 Å². The van der Waals surface area contributed by atoms with E-state index in [1.807, 2.05) is 68.5 Å². The van der Waals surface area contributed by atoms with Crippen LogP contribution in [0, 0.1) is 0 Å². The fraction of sp³-hybridized carbons (Fsp3) is 0.222. The molecule has 184 valence electrons. The van der Waals surface area contributed by atoms with E-state index >= 15 is 0 Å². The van der Waals surface area contributed by atoms with Gasteiger partial charge in [-0.1, -0.05) is 30.0 Å². The highest BCUT2D eigenvalue weighted by Gasteiger charge is 2.31. The first kappa shape index (κ1) is 24.1. The highest BCUT2D eigenvalue weighted by molar-refractivity contribution is 8.03. The Morgan fingerprint density at radius 2 is 1.81 bits per heavy atom. The number of methoxy groups -OCH3 is 1. The van der Waals surface area contributed by atoms with Crippen molar-refractivity contribution >= 4 is 57.7 Å². The molecule has 0 radical (unpaired) electrons. The predicted molar refractivity (Wildman–Crippen MR) is 148 cm³/mol. The molecule has 2 aliphatic rings. The van der Waals surface area contributed by atoms with Gasteiger partial charge in [-0.3, -0.25) is 14.2 Å². The summed E-state index contributed by atoms with van der Waals surface area (Å²) >= 11 is 3.00. The van der Waals surface area contributed by atoms with E-state index in [1.165, 1.54) is 16.3 Å². The molecule has 9 heteroatoms. The average Bonchev–Trinajstić information content (AvgIpc) is 3.51. The van der Waals surface area contributed by atoms with Gasteiger partial charge in [-0.15, -0.1) is 11.3 Å². The van der Waals surface area contributed by atoms with Crippen molar-refractivity contribution in [3.05, 3.63) is 79.2 Å². The van der Waals surface area contributed by atoms with Gasteiger partial charge in [-0.25, -0.2) is 0 Å². The maximum absolute atomic E-state index is 13.4. The molecule has 0 unspecified atom stereocenters. The SMILES string of the molecule is CCN1/C(=C\C=c2/s/c(=C3/C(=O)N(c4ccccc4)N=C3C)n(CC)c2=O)Sc2ccc(OC)cc21. The van der Waals surface area contributed by atoms with Gasteiger partial charge in [0.25, 0.3) is 11.5 Å². The number of thiazole rings is 1. The maximum atomic E-state index is 13.4. The van der Waals surface area contributed by atoms with Gasteiger partial charge in [0.2, 0.25) is 0 Å². The highest BCUT2D eigenvalue weighted by atomic mass is 32.2. The van der Waals surface area contributed by atoms with Gasteiger partial charge in [0.1, 0.15) is 10.4 Å². The van der Waals surface area contributed by atoms with Gasteiger partial charge < -0.3 is 9.64 Å². The summed E-state index contributed by atoms with van der Waals surface area (Å²) in [6, 6.07) is 15.4. The van der Waals surface area contributed by atoms with E-state index in [-0.39, 0.29) is 11.5 Å². The molecule has 0 saturated carbocycles. The monoisotopic (exact) mass is 518 g/mol. The lowest BCUT2D eigenvalue weighted by atomic mass is 10.2. The molecular weight excluding hydrogens is 492 g/mol. The van der Waals surface area contributed by atoms with Crippen molar-refractivity contribution in [2.24, 2.45) is 5.10 Å². The first-order chi connectivity index (χ1) is 17.5. The number of allylic oxidation sites excluding steroid dienone is 1. The van der Waals surface area contributed by atoms with Crippen molar-refractivity contribution in [1.29, 1.82) is 0 Å². The molecule has 0 spiro atoms. The number of ether oxygens (including phenoxy) is 1. The summed E-state index contributed by atoms with van der Waals surface area (Å²) < 4.78 is 8.27. The van der Waals surface area contributed by atoms with Gasteiger partial charge in [0, 0.05) is 24.1 Å². The number of hydrogen-bond acceptors (Lipinski definition) is 7. The minimum Gasteiger partial charge on any atom is -0.497 e. The number of amides is 1. The van der Waals surface area contributed by atoms with Crippen LogP contribution in [-0.2, 0) is 11.3 Å². The predicted octanol–water partition coefficient (Wildman–Crippen LogP) is 3.77. The lowest BCUT2D eigenvalue weighted by molar-refractivity contribution is -0.112. The van der Waals surface area contributed by atoms with Crippen LogP contribution in [0.3, 0.4) is 0 Å². The van der Waals surface area contributed by atoms with Crippen molar-refractivity contribution in [1.82, 2.24) is 4.57 Å². The molecule has 0 N–H and O–H groups in total. The zero-order valence-electron chi connectivity index (χ0n) is 20.5. The van der Waals surface area contributed by atoms with Gasteiger partial charge in [-0.2, -0.15) is 10.1 Å². The normalized spacial score (nSPS) is 18.3. The van der Waals surface area contributed by atoms with E-state index in [2.05, 4.69) is 23.0 Å². The van der Waals surface area contributed by atoms with E-state index in [1.54, 1.807) is 23.4 Å². The third-order valence-corrected chi connectivity index (χ3v) is 8.37. The minimum absolute atomic E-state index is 0.106. The number of aromatic nitrogens is 1. The van der Waals surface area contributed by atoms with Crippen LogP contribution in [0.5, 0.6) is 5.75 Å². The molecule has 2 aromatic carbocycles. The van der Waals surface area contributed by atoms with Crippen LogP contribution in [0.1, 0.15) is 20.8 Å². The van der Waals surface area contributed by atoms with Gasteiger partial charge in [0.15, 0.2) is 0 Å². The zero-order valence-corrected chi connectivity index (χ0v) is 22.2. The molecular formula is C27H26N4O3S2. The number of benzene rings is 2. The number of anilines is 2. The Balaban J connectivity index is 1.58. The van der Waals surface area contributed by atoms with E-state index in [9.17, 15) is 9.59 Å². The quantitative estimate of drug-likeness (QED) is 0.515. The Labute approximate surface area is 217 Å². The third kappa shape index (κ3) is 4.08. The zero-order chi connectivity index (χ0) is 25.4. The average molecular weight is 519 g/mol. The largest absolute Gasteiger partial charge is 0.497 e. The van der Waals surface area contributed by atoms with Crippen LogP contribution >= 0.6 is 23.1 Å². The molecule has 2 aliphatic heterocycles. The molecule has 5 rings (SSSR count). The van der Waals surface area contributed by atoms with Gasteiger partial charge in [0.05, 0.1) is 39.3 Å². The standard InChI is InChI=1S/C27H26N4O3S2/c1-5-29-20-16-19(34-4)12-13-21(20)35-23(29)15-14-22-25(32)30(6-2)27(36-22)24-17(3)28-31(26(24)33)18-10-8-7-9-11-18/h7-16H,5-6H2,1-4H3/b22-14-,23-15+,27-24+. The first-order valence-corrected chi connectivity index (χ1v) is 13.3. The Bertz CT molecular complexity index is 1590. The number of fused-ring (bicyclic) bond motifs is 1. The van der Waals surface area contributed by atoms with E-state index < -0.39 is 0 Å². The Kier molecular flexibility index (Phi) is 6.59. The Morgan fingerprint density at radius 3 is 2.50 bits per heavy atom. The number of rotatable bonds is 5. The minimum atomic E-state index is -0.222. The topological polar surface area (TPSA) is 67.1 Å². The second-order valence-electron chi connectivity index (χ2n) is 8.19. The smallest absolute Gasteiger partial charge is 0.283 e. The summed E-state index contributed by atoms with van der Waals surface area (Å²) in [7, 11) is 1.66. The van der Waals surface area contributed by atoms with E-state index in [0.717, 1.165) is 27.9 Å². The van der Waals surface area contributed by atoms with Crippen LogP contribution < -0.4 is 29.4 Å². The number of thioether (sulfide) groups is 1. The second-order valence-corrected chi connectivity index (χ2v) is 10.3. The number of carbonyl (C=O) groups is 1. The summed E-state index contributed by atoms with van der Waals surface area (Å²) in [6.45, 7) is 7.08. The molecule has 0 bridgehead atoms. The van der Waals surface area contributed by atoms with Gasteiger partial charge >= 0.3 is 0 Å². The summed E-state index contributed by atoms with van der Waals surface area (Å²) in [5.41, 5.74) is 2.76. The van der Waals surface area contributed by atoms with Crippen molar-refractivity contribution in [2.75, 3.05) is 23.6 Å². The van der Waals surface area contributed by atoms with E-state index in [0.29, 0.717) is 32.7 Å². The highest BCUT2D eigenvalue weighted by Crippen LogP contribution is 2.47. The van der Waals surface area contributed by atoms with Crippen LogP contribution in [0.15, 0.2) is 74.4 Å². The molecule has 0 saturated heterocycles. The van der Waals surface area contributed by atoms with Crippen LogP contribution in [0.2, 0.25) is 0 Å². The fourth-order valence-corrected chi connectivity index (χ4v) is 6.62. The van der Waals surface area contributed by atoms with Crippen molar-refractivity contribution in [3.8, 4) is 5.75 Å². The number of hydrogen-bond donors (Lipinski definition) is 0. The molecule has 7 nitrogen and oxygen atoms in total. The lowest BCUT2D eigenvalue weighted by Crippen LogP contribution is -2.33. The molecule has 1 amide bonds.